The SMILES string of the molecule is CCCCN(CC)c1ccc([N+](=O)[O-])cc1/C=N/NC(=O)CNc1ccccc1OC. The number of nitrogens with one attached hydrogen (secondary N) is 2. The van der Waals surface area contributed by atoms with Crippen LogP contribution in [-0.4, -0.2) is 43.8 Å². The molecule has 1 amide bonds. The molecular weight excluding hydrogens is 398 g/mol. The number of nitrogens with zero attached hydrogens (tertiary/aromatic N) is 3. The number of benzene rings is 2. The van der Waals surface area contributed by atoms with Gasteiger partial charge < -0.3 is 15.0 Å². The van der Waals surface area contributed by atoms with Crippen molar-refractivity contribution < 1.29 is 14.5 Å². The fourth-order valence-electron chi connectivity index (χ4n) is 3.02. The highest BCUT2D eigenvalue weighted by molar-refractivity contribution is 5.90. The fourth-order valence-corrected chi connectivity index (χ4v) is 3.02. The molecule has 0 heterocycles. The summed E-state index contributed by atoms with van der Waals surface area (Å²) in [5, 5.41) is 18.2. The van der Waals surface area contributed by atoms with Crippen molar-refractivity contribution in [2.75, 3.05) is 37.0 Å². The highest BCUT2D eigenvalue weighted by Gasteiger charge is 2.14. The number of methoxy groups -OCH3 is 1. The first-order valence-electron chi connectivity index (χ1n) is 10.2. The quantitative estimate of drug-likeness (QED) is 0.303. The van der Waals surface area contributed by atoms with Crippen molar-refractivity contribution in [1.29, 1.82) is 0 Å². The summed E-state index contributed by atoms with van der Waals surface area (Å²) in [4.78, 5) is 25.0. The number of nitro benzene ring substituents is 1. The van der Waals surface area contributed by atoms with Gasteiger partial charge in [0.05, 0.1) is 30.5 Å². The lowest BCUT2D eigenvalue weighted by molar-refractivity contribution is -0.384. The molecule has 0 unspecified atom stereocenters. The van der Waals surface area contributed by atoms with Crippen molar-refractivity contribution in [1.82, 2.24) is 5.43 Å². The lowest BCUT2D eigenvalue weighted by Gasteiger charge is -2.24. The Morgan fingerprint density at radius 3 is 2.71 bits per heavy atom. The maximum absolute atomic E-state index is 12.2. The number of unbranched alkanes of at least 4 members (excludes halogenated alkanes) is 1. The molecule has 0 saturated carbocycles. The molecule has 0 aliphatic carbocycles. The highest BCUT2D eigenvalue weighted by Crippen LogP contribution is 2.25. The maximum Gasteiger partial charge on any atom is 0.270 e. The van der Waals surface area contributed by atoms with Crippen molar-refractivity contribution in [2.45, 2.75) is 26.7 Å². The van der Waals surface area contributed by atoms with Gasteiger partial charge in [0.1, 0.15) is 5.75 Å². The summed E-state index contributed by atoms with van der Waals surface area (Å²) in [5.74, 6) is 0.277. The van der Waals surface area contributed by atoms with Crippen LogP contribution in [0, 0.1) is 10.1 Å². The predicted molar refractivity (Wildman–Crippen MR) is 123 cm³/mol. The standard InChI is InChI=1S/C22H29N5O4/c1-4-6-13-26(5-2)20-12-11-18(27(29)30)14-17(20)15-24-25-22(28)16-23-19-9-7-8-10-21(19)31-3/h7-12,14-15,23H,4-6,13,16H2,1-3H3,(H,25,28)/b24-15+. The molecule has 0 aliphatic heterocycles. The molecule has 0 saturated heterocycles. The van der Waals surface area contributed by atoms with Gasteiger partial charge in [0.15, 0.2) is 0 Å². The summed E-state index contributed by atoms with van der Waals surface area (Å²) in [6.07, 6.45) is 3.49. The molecule has 31 heavy (non-hydrogen) atoms. The molecular formula is C22H29N5O4. The molecule has 2 rings (SSSR count). The zero-order valence-electron chi connectivity index (χ0n) is 18.1. The molecule has 0 fully saturated rings. The summed E-state index contributed by atoms with van der Waals surface area (Å²) >= 11 is 0. The Hall–Kier alpha value is -3.62. The van der Waals surface area contributed by atoms with Crippen molar-refractivity contribution in [2.24, 2.45) is 5.10 Å². The van der Waals surface area contributed by atoms with Gasteiger partial charge in [-0.15, -0.1) is 0 Å². The number of amides is 1. The molecule has 2 N–H and O–H groups in total. The van der Waals surface area contributed by atoms with Crippen LogP contribution in [0.5, 0.6) is 5.75 Å². The smallest absolute Gasteiger partial charge is 0.270 e. The Labute approximate surface area is 182 Å². The van der Waals surface area contributed by atoms with Crippen LogP contribution in [0.25, 0.3) is 0 Å². The molecule has 166 valence electrons. The topological polar surface area (TPSA) is 109 Å². The highest BCUT2D eigenvalue weighted by atomic mass is 16.6. The van der Waals surface area contributed by atoms with Gasteiger partial charge in [-0.05, 0) is 31.5 Å². The molecule has 0 aliphatic rings. The number of rotatable bonds is 12. The van der Waals surface area contributed by atoms with E-state index < -0.39 is 4.92 Å². The fraction of sp³-hybridized carbons (Fsp3) is 0.364. The van der Waals surface area contributed by atoms with Gasteiger partial charge in [-0.1, -0.05) is 25.5 Å². The minimum atomic E-state index is -0.445. The van der Waals surface area contributed by atoms with Crippen LogP contribution in [0.4, 0.5) is 17.1 Å². The third kappa shape index (κ3) is 6.98. The second-order valence-electron chi connectivity index (χ2n) is 6.78. The number of ether oxygens (including phenoxy) is 1. The minimum Gasteiger partial charge on any atom is -0.495 e. The molecule has 0 atom stereocenters. The number of para-hydroxylation sites is 2. The van der Waals surface area contributed by atoms with E-state index in [1.807, 2.05) is 19.1 Å². The molecule has 0 aromatic heterocycles. The van der Waals surface area contributed by atoms with Crippen LogP contribution in [0.2, 0.25) is 0 Å². The Morgan fingerprint density at radius 1 is 1.26 bits per heavy atom. The van der Waals surface area contributed by atoms with Crippen molar-refractivity contribution >= 4 is 29.2 Å². The largest absolute Gasteiger partial charge is 0.495 e. The van der Waals surface area contributed by atoms with E-state index in [-0.39, 0.29) is 18.1 Å². The lowest BCUT2D eigenvalue weighted by Crippen LogP contribution is -2.27. The second-order valence-corrected chi connectivity index (χ2v) is 6.78. The number of nitro groups is 1. The average Bonchev–Trinajstić information content (AvgIpc) is 2.78. The van der Waals surface area contributed by atoms with Gasteiger partial charge >= 0.3 is 0 Å². The monoisotopic (exact) mass is 427 g/mol. The Bertz CT molecular complexity index is 917. The summed E-state index contributed by atoms with van der Waals surface area (Å²) in [6, 6.07) is 11.9. The molecule has 0 radical (unpaired) electrons. The summed E-state index contributed by atoms with van der Waals surface area (Å²) in [5.41, 5.74) is 4.53. The van der Waals surface area contributed by atoms with E-state index in [0.717, 1.165) is 31.6 Å². The molecule has 9 nitrogen and oxygen atoms in total. The van der Waals surface area contributed by atoms with E-state index in [0.29, 0.717) is 17.0 Å². The predicted octanol–water partition coefficient (Wildman–Crippen LogP) is 3.79. The molecule has 9 heteroatoms. The normalized spacial score (nSPS) is 10.7. The van der Waals surface area contributed by atoms with Gasteiger partial charge in [0, 0.05) is 36.5 Å². The number of non-ortho nitro benzene ring substituents is 1. The van der Waals surface area contributed by atoms with Crippen LogP contribution in [0.1, 0.15) is 32.3 Å². The second kappa shape index (κ2) is 12.2. The van der Waals surface area contributed by atoms with Crippen LogP contribution >= 0.6 is 0 Å². The van der Waals surface area contributed by atoms with Gasteiger partial charge in [-0.3, -0.25) is 14.9 Å². The van der Waals surface area contributed by atoms with E-state index >= 15 is 0 Å². The minimum absolute atomic E-state index is 0.00288. The Balaban J connectivity index is 2.09. The summed E-state index contributed by atoms with van der Waals surface area (Å²) < 4.78 is 5.24. The lowest BCUT2D eigenvalue weighted by atomic mass is 10.1. The zero-order chi connectivity index (χ0) is 22.6. The molecule has 0 bridgehead atoms. The number of hydrazone groups is 1. The maximum atomic E-state index is 12.2. The number of anilines is 2. The van der Waals surface area contributed by atoms with Gasteiger partial charge in [0.2, 0.25) is 0 Å². The van der Waals surface area contributed by atoms with Crippen LogP contribution in [-0.2, 0) is 4.79 Å². The first-order valence-corrected chi connectivity index (χ1v) is 10.2. The number of hydrogen-bond donors (Lipinski definition) is 2. The van der Waals surface area contributed by atoms with E-state index in [2.05, 4.69) is 27.7 Å². The Morgan fingerprint density at radius 2 is 2.03 bits per heavy atom. The molecule has 2 aromatic rings. The summed E-state index contributed by atoms with van der Waals surface area (Å²) in [7, 11) is 1.56. The average molecular weight is 428 g/mol. The van der Waals surface area contributed by atoms with Gasteiger partial charge in [-0.25, -0.2) is 5.43 Å². The Kier molecular flexibility index (Phi) is 9.28. The van der Waals surface area contributed by atoms with Crippen molar-refractivity contribution in [3.05, 3.63) is 58.1 Å². The first kappa shape index (κ1) is 23.7. The number of hydrogen-bond acceptors (Lipinski definition) is 7. The van der Waals surface area contributed by atoms with Gasteiger partial charge in [0.25, 0.3) is 11.6 Å². The summed E-state index contributed by atoms with van der Waals surface area (Å²) in [6.45, 7) is 5.73. The van der Waals surface area contributed by atoms with Gasteiger partial charge in [-0.2, -0.15) is 5.10 Å². The van der Waals surface area contributed by atoms with E-state index in [4.69, 9.17) is 4.74 Å². The van der Waals surface area contributed by atoms with E-state index in [1.165, 1.54) is 18.3 Å². The third-order valence-electron chi connectivity index (χ3n) is 4.67. The number of carbonyl (C=O) groups is 1. The first-order chi connectivity index (χ1) is 15.0. The van der Waals surface area contributed by atoms with Crippen LogP contribution in [0.3, 0.4) is 0 Å². The zero-order valence-corrected chi connectivity index (χ0v) is 18.1. The van der Waals surface area contributed by atoms with Crippen molar-refractivity contribution in [3.63, 3.8) is 0 Å². The third-order valence-corrected chi connectivity index (χ3v) is 4.67. The van der Waals surface area contributed by atoms with E-state index in [9.17, 15) is 14.9 Å². The van der Waals surface area contributed by atoms with Crippen LogP contribution < -0.4 is 20.4 Å². The number of carbonyl (C=O) groups excluding carboxylic acids is 1. The van der Waals surface area contributed by atoms with E-state index in [1.54, 1.807) is 25.3 Å². The van der Waals surface area contributed by atoms with Crippen molar-refractivity contribution in [3.8, 4) is 5.75 Å². The molecule has 2 aromatic carbocycles. The molecule has 0 spiro atoms. The van der Waals surface area contributed by atoms with Crippen LogP contribution in [0.15, 0.2) is 47.6 Å².